The lowest BCUT2D eigenvalue weighted by Gasteiger charge is -1.82. The first-order chi connectivity index (χ1) is 4.43. The highest BCUT2D eigenvalue weighted by atomic mass is 14.8. The Bertz CT molecular complexity index is 175. The summed E-state index contributed by atoms with van der Waals surface area (Å²) in [7, 11) is 1.88. The molecule has 0 fully saturated rings. The molecule has 0 radical (unpaired) electrons. The number of hydrogen-bond donors (Lipinski definition) is 2. The molecule has 0 aliphatic heterocycles. The number of aromatic nitrogens is 1. The van der Waals surface area contributed by atoms with E-state index in [4.69, 9.17) is 0 Å². The summed E-state index contributed by atoms with van der Waals surface area (Å²) in [6, 6.07) is 2.01. The quantitative estimate of drug-likeness (QED) is 0.606. The van der Waals surface area contributed by atoms with E-state index in [-0.39, 0.29) is 0 Å². The van der Waals surface area contributed by atoms with Crippen LogP contribution in [0.2, 0.25) is 0 Å². The van der Waals surface area contributed by atoms with Gasteiger partial charge in [0.15, 0.2) is 0 Å². The molecule has 0 saturated carbocycles. The molecule has 0 saturated heterocycles. The van der Waals surface area contributed by atoms with E-state index in [2.05, 4.69) is 10.3 Å². The first-order valence-corrected chi connectivity index (χ1v) is 2.90. The molecule has 2 heteroatoms. The minimum absolute atomic E-state index is 1.18. The summed E-state index contributed by atoms with van der Waals surface area (Å²) in [5, 5.41) is 2.91. The van der Waals surface area contributed by atoms with E-state index < -0.39 is 0 Å². The molecule has 0 unspecified atom stereocenters. The first-order valence-electron chi connectivity index (χ1n) is 2.90. The highest BCUT2D eigenvalue weighted by Crippen LogP contribution is 1.96. The van der Waals surface area contributed by atoms with E-state index in [0.717, 1.165) is 0 Å². The van der Waals surface area contributed by atoms with Crippen molar-refractivity contribution >= 4 is 6.08 Å². The van der Waals surface area contributed by atoms with Crippen LogP contribution < -0.4 is 5.32 Å². The molecule has 2 nitrogen and oxygen atoms in total. The van der Waals surface area contributed by atoms with Gasteiger partial charge in [-0.1, -0.05) is 0 Å². The van der Waals surface area contributed by atoms with Crippen LogP contribution in [0.1, 0.15) is 5.56 Å². The van der Waals surface area contributed by atoms with Gasteiger partial charge in [0.2, 0.25) is 0 Å². The zero-order valence-electron chi connectivity index (χ0n) is 5.39. The average molecular weight is 122 g/mol. The van der Waals surface area contributed by atoms with Crippen molar-refractivity contribution in [2.45, 2.75) is 0 Å². The monoisotopic (exact) mass is 122 g/mol. The minimum Gasteiger partial charge on any atom is -0.394 e. The Morgan fingerprint density at radius 2 is 2.56 bits per heavy atom. The van der Waals surface area contributed by atoms with Crippen LogP contribution in [-0.2, 0) is 0 Å². The van der Waals surface area contributed by atoms with E-state index in [0.29, 0.717) is 0 Å². The molecule has 1 heterocycles. The molecule has 0 bridgehead atoms. The lowest BCUT2D eigenvalue weighted by Crippen LogP contribution is -1.89. The third kappa shape index (κ3) is 1.64. The minimum atomic E-state index is 1.18. The fraction of sp³-hybridized carbons (Fsp3) is 0.143. The normalized spacial score (nSPS) is 10.3. The van der Waals surface area contributed by atoms with Gasteiger partial charge >= 0.3 is 0 Å². The largest absolute Gasteiger partial charge is 0.394 e. The van der Waals surface area contributed by atoms with Crippen LogP contribution in [-0.4, -0.2) is 12.0 Å². The van der Waals surface area contributed by atoms with Crippen molar-refractivity contribution < 1.29 is 0 Å². The second-order valence-electron chi connectivity index (χ2n) is 1.77. The van der Waals surface area contributed by atoms with Crippen LogP contribution in [0.5, 0.6) is 0 Å². The van der Waals surface area contributed by atoms with Crippen molar-refractivity contribution in [2.24, 2.45) is 0 Å². The summed E-state index contributed by atoms with van der Waals surface area (Å²) in [4.78, 5) is 2.96. The zero-order valence-corrected chi connectivity index (χ0v) is 5.39. The topological polar surface area (TPSA) is 27.8 Å². The first kappa shape index (κ1) is 5.95. The number of H-pyrrole nitrogens is 1. The fourth-order valence-corrected chi connectivity index (χ4v) is 0.620. The Morgan fingerprint density at radius 1 is 1.67 bits per heavy atom. The van der Waals surface area contributed by atoms with Crippen molar-refractivity contribution in [2.75, 3.05) is 7.05 Å². The number of hydrogen-bond acceptors (Lipinski definition) is 1. The molecule has 0 aliphatic rings. The Balaban J connectivity index is 2.57. The predicted molar refractivity (Wildman–Crippen MR) is 38.9 cm³/mol. The summed E-state index contributed by atoms with van der Waals surface area (Å²) >= 11 is 0. The number of aromatic amines is 1. The highest BCUT2D eigenvalue weighted by Gasteiger charge is 1.80. The van der Waals surface area contributed by atoms with Crippen molar-refractivity contribution in [3.05, 3.63) is 30.2 Å². The maximum Gasteiger partial charge on any atom is 0.00786 e. The van der Waals surface area contributed by atoms with Crippen molar-refractivity contribution in [3.8, 4) is 0 Å². The van der Waals surface area contributed by atoms with Gasteiger partial charge in [0, 0.05) is 19.4 Å². The molecule has 1 rings (SSSR count). The molecule has 0 aromatic carbocycles. The van der Waals surface area contributed by atoms with E-state index >= 15 is 0 Å². The van der Waals surface area contributed by atoms with E-state index in [1.54, 1.807) is 0 Å². The van der Waals surface area contributed by atoms with Crippen LogP contribution in [0.3, 0.4) is 0 Å². The number of rotatable bonds is 2. The SMILES string of the molecule is CN/C=C\c1cc[nH]c1. The summed E-state index contributed by atoms with van der Waals surface area (Å²) in [5.41, 5.74) is 1.18. The molecule has 0 atom stereocenters. The predicted octanol–water partition coefficient (Wildman–Crippen LogP) is 1.20. The average Bonchev–Trinajstić information content (AvgIpc) is 2.34. The Kier molecular flexibility index (Phi) is 1.96. The van der Waals surface area contributed by atoms with Gasteiger partial charge in [0.1, 0.15) is 0 Å². The summed E-state index contributed by atoms with van der Waals surface area (Å²) in [5.74, 6) is 0. The van der Waals surface area contributed by atoms with Gasteiger partial charge in [-0.05, 0) is 23.9 Å². The van der Waals surface area contributed by atoms with Crippen LogP contribution >= 0.6 is 0 Å². The highest BCUT2D eigenvalue weighted by molar-refractivity contribution is 5.46. The second kappa shape index (κ2) is 2.97. The van der Waals surface area contributed by atoms with Gasteiger partial charge in [0.25, 0.3) is 0 Å². The van der Waals surface area contributed by atoms with Crippen LogP contribution in [0.25, 0.3) is 6.08 Å². The van der Waals surface area contributed by atoms with Crippen LogP contribution in [0, 0.1) is 0 Å². The van der Waals surface area contributed by atoms with E-state index in [1.165, 1.54) is 5.56 Å². The van der Waals surface area contributed by atoms with Gasteiger partial charge in [-0.15, -0.1) is 0 Å². The molecule has 0 amide bonds. The molecule has 9 heavy (non-hydrogen) atoms. The Morgan fingerprint density at radius 3 is 3.11 bits per heavy atom. The second-order valence-corrected chi connectivity index (χ2v) is 1.77. The Labute approximate surface area is 54.6 Å². The maximum atomic E-state index is 2.96. The van der Waals surface area contributed by atoms with Crippen molar-refractivity contribution in [1.82, 2.24) is 10.3 Å². The van der Waals surface area contributed by atoms with Crippen LogP contribution in [0.4, 0.5) is 0 Å². The molecule has 0 spiro atoms. The lowest BCUT2D eigenvalue weighted by atomic mass is 10.3. The molecule has 1 aromatic heterocycles. The number of nitrogens with one attached hydrogen (secondary N) is 2. The van der Waals surface area contributed by atoms with Gasteiger partial charge in [-0.2, -0.15) is 0 Å². The molecular weight excluding hydrogens is 112 g/mol. The molecule has 2 N–H and O–H groups in total. The molecule has 48 valence electrons. The van der Waals surface area contributed by atoms with Crippen molar-refractivity contribution in [3.63, 3.8) is 0 Å². The van der Waals surface area contributed by atoms with Gasteiger partial charge in [0.05, 0.1) is 0 Å². The summed E-state index contributed by atoms with van der Waals surface area (Å²) < 4.78 is 0. The molecular formula is C7H10N2. The Hall–Kier alpha value is -1.18. The summed E-state index contributed by atoms with van der Waals surface area (Å²) in [6.07, 6.45) is 7.73. The molecule has 1 aromatic rings. The standard InChI is InChI=1S/C7H10N2/c1-8-4-2-7-3-5-9-6-7/h2-6,8-9H,1H3/b4-2-. The third-order valence-electron chi connectivity index (χ3n) is 1.06. The van der Waals surface area contributed by atoms with E-state index in [9.17, 15) is 0 Å². The lowest BCUT2D eigenvalue weighted by molar-refractivity contribution is 1.11. The van der Waals surface area contributed by atoms with Crippen LogP contribution in [0.15, 0.2) is 24.7 Å². The fourth-order valence-electron chi connectivity index (χ4n) is 0.620. The van der Waals surface area contributed by atoms with E-state index in [1.807, 2.05) is 37.8 Å². The zero-order chi connectivity index (χ0) is 6.53. The molecule has 0 aliphatic carbocycles. The summed E-state index contributed by atoms with van der Waals surface area (Å²) in [6.45, 7) is 0. The van der Waals surface area contributed by atoms with Gasteiger partial charge in [-0.25, -0.2) is 0 Å². The smallest absolute Gasteiger partial charge is 0.00786 e. The van der Waals surface area contributed by atoms with Gasteiger partial charge < -0.3 is 10.3 Å². The third-order valence-corrected chi connectivity index (χ3v) is 1.06. The maximum absolute atomic E-state index is 2.96. The van der Waals surface area contributed by atoms with Crippen molar-refractivity contribution in [1.29, 1.82) is 0 Å². The van der Waals surface area contributed by atoms with Gasteiger partial charge in [-0.3, -0.25) is 0 Å².